The van der Waals surface area contributed by atoms with Crippen molar-refractivity contribution in [3.8, 4) is 5.75 Å². The van der Waals surface area contributed by atoms with Crippen LogP contribution < -0.4 is 15.8 Å². The summed E-state index contributed by atoms with van der Waals surface area (Å²) in [6.45, 7) is 0. The van der Waals surface area contributed by atoms with Crippen molar-refractivity contribution >= 4 is 27.8 Å². The molecule has 0 saturated heterocycles. The minimum absolute atomic E-state index is 0.0561. The first-order valence-corrected chi connectivity index (χ1v) is 8.81. The van der Waals surface area contributed by atoms with Crippen molar-refractivity contribution in [1.29, 1.82) is 0 Å². The topological polar surface area (TPSA) is 78.0 Å². The van der Waals surface area contributed by atoms with Crippen LogP contribution in [0.3, 0.4) is 0 Å². The average molecular weight is 400 g/mol. The van der Waals surface area contributed by atoms with Crippen LogP contribution in [0, 0.1) is 0 Å². The van der Waals surface area contributed by atoms with Crippen LogP contribution in [0.15, 0.2) is 53.0 Å². The van der Waals surface area contributed by atoms with Gasteiger partial charge in [0.1, 0.15) is 5.75 Å². The van der Waals surface area contributed by atoms with E-state index in [9.17, 15) is 0 Å². The standard InChI is InChI=1S/C18H18BrN5O/c1-25-14-8-4-12(5-9-14)16-10-15(11-2-6-13(19)7-3-11)21-18-22-17(20)23-24(16)18/h2-9,15-16H,10H2,1H3,(H3,20,21,22,23)/t15-,16-/m1/s1. The van der Waals surface area contributed by atoms with E-state index in [2.05, 4.69) is 55.6 Å². The Morgan fingerprint density at radius 3 is 2.48 bits per heavy atom. The van der Waals surface area contributed by atoms with Crippen LogP contribution in [-0.2, 0) is 0 Å². The van der Waals surface area contributed by atoms with Gasteiger partial charge in [0.25, 0.3) is 0 Å². The Labute approximate surface area is 154 Å². The van der Waals surface area contributed by atoms with Crippen LogP contribution in [-0.4, -0.2) is 21.9 Å². The maximum atomic E-state index is 5.84. The highest BCUT2D eigenvalue weighted by molar-refractivity contribution is 9.10. The molecule has 0 bridgehead atoms. The van der Waals surface area contributed by atoms with Crippen molar-refractivity contribution in [1.82, 2.24) is 14.8 Å². The first kappa shape index (κ1) is 16.0. The van der Waals surface area contributed by atoms with Crippen molar-refractivity contribution in [3.05, 3.63) is 64.1 Å². The maximum Gasteiger partial charge on any atom is 0.241 e. The summed E-state index contributed by atoms with van der Waals surface area (Å²) in [6.07, 6.45) is 0.851. The number of fused-ring (bicyclic) bond motifs is 1. The highest BCUT2D eigenvalue weighted by Gasteiger charge is 2.30. The quantitative estimate of drug-likeness (QED) is 0.700. The van der Waals surface area contributed by atoms with Crippen LogP contribution in [0.4, 0.5) is 11.9 Å². The SMILES string of the molecule is COc1ccc([C@H]2C[C@H](c3ccc(Br)cc3)Nc3nc(N)nn32)cc1. The lowest BCUT2D eigenvalue weighted by Crippen LogP contribution is -2.28. The number of benzene rings is 2. The van der Waals surface area contributed by atoms with E-state index in [0.29, 0.717) is 5.95 Å². The summed E-state index contributed by atoms with van der Waals surface area (Å²) in [5.74, 6) is 1.80. The van der Waals surface area contributed by atoms with Crippen molar-refractivity contribution in [2.24, 2.45) is 0 Å². The lowest BCUT2D eigenvalue weighted by Gasteiger charge is -2.31. The van der Waals surface area contributed by atoms with Gasteiger partial charge in [0.2, 0.25) is 11.9 Å². The molecule has 3 N–H and O–H groups in total. The number of rotatable bonds is 3. The normalized spacial score (nSPS) is 19.1. The van der Waals surface area contributed by atoms with E-state index in [4.69, 9.17) is 10.5 Å². The number of aromatic nitrogens is 3. The van der Waals surface area contributed by atoms with E-state index >= 15 is 0 Å². The Bertz CT molecular complexity index is 875. The number of halogens is 1. The van der Waals surface area contributed by atoms with Gasteiger partial charge in [0.05, 0.1) is 19.2 Å². The lowest BCUT2D eigenvalue weighted by molar-refractivity contribution is 0.411. The van der Waals surface area contributed by atoms with Gasteiger partial charge < -0.3 is 15.8 Å². The lowest BCUT2D eigenvalue weighted by atomic mass is 9.93. The predicted molar refractivity (Wildman–Crippen MR) is 101 cm³/mol. The van der Waals surface area contributed by atoms with Crippen LogP contribution in [0.5, 0.6) is 5.75 Å². The molecule has 0 spiro atoms. The molecular weight excluding hydrogens is 382 g/mol. The number of nitrogens with one attached hydrogen (secondary N) is 1. The van der Waals surface area contributed by atoms with Gasteiger partial charge in [-0.3, -0.25) is 0 Å². The van der Waals surface area contributed by atoms with Crippen LogP contribution >= 0.6 is 15.9 Å². The predicted octanol–water partition coefficient (Wildman–Crippen LogP) is 3.78. The van der Waals surface area contributed by atoms with Crippen LogP contribution in [0.2, 0.25) is 0 Å². The summed E-state index contributed by atoms with van der Waals surface area (Å²) in [4.78, 5) is 4.34. The van der Waals surface area contributed by atoms with Crippen LogP contribution in [0.25, 0.3) is 0 Å². The second-order valence-electron chi connectivity index (χ2n) is 6.01. The molecule has 3 aromatic rings. The third-order valence-corrected chi connectivity index (χ3v) is 5.01. The molecule has 128 valence electrons. The number of anilines is 2. The Balaban J connectivity index is 1.72. The summed E-state index contributed by atoms with van der Waals surface area (Å²) in [7, 11) is 1.67. The minimum atomic E-state index is 0.0561. The third-order valence-electron chi connectivity index (χ3n) is 4.48. The smallest absolute Gasteiger partial charge is 0.241 e. The molecule has 2 heterocycles. The molecule has 0 fully saturated rings. The van der Waals surface area contributed by atoms with Gasteiger partial charge in [-0.1, -0.05) is 40.2 Å². The van der Waals surface area contributed by atoms with Gasteiger partial charge in [0.15, 0.2) is 0 Å². The van der Waals surface area contributed by atoms with Gasteiger partial charge in [0, 0.05) is 4.47 Å². The Morgan fingerprint density at radius 1 is 1.12 bits per heavy atom. The molecule has 0 saturated carbocycles. The zero-order valence-corrected chi connectivity index (χ0v) is 15.3. The Kier molecular flexibility index (Phi) is 4.09. The molecule has 7 heteroatoms. The van der Waals surface area contributed by atoms with Gasteiger partial charge in [-0.2, -0.15) is 4.98 Å². The number of nitrogen functional groups attached to an aromatic ring is 1. The van der Waals surface area contributed by atoms with Crippen LogP contribution in [0.1, 0.15) is 29.6 Å². The number of nitrogens with zero attached hydrogens (tertiary/aromatic N) is 3. The summed E-state index contributed by atoms with van der Waals surface area (Å²) in [5.41, 5.74) is 8.19. The first-order valence-electron chi connectivity index (χ1n) is 8.02. The largest absolute Gasteiger partial charge is 0.497 e. The highest BCUT2D eigenvalue weighted by Crippen LogP contribution is 2.38. The van der Waals surface area contributed by atoms with Crippen molar-refractivity contribution in [2.45, 2.75) is 18.5 Å². The fourth-order valence-electron chi connectivity index (χ4n) is 3.21. The third kappa shape index (κ3) is 3.07. The number of hydrogen-bond donors (Lipinski definition) is 2. The average Bonchev–Trinajstić information content (AvgIpc) is 3.01. The van der Waals surface area contributed by atoms with Gasteiger partial charge in [-0.25, -0.2) is 4.68 Å². The molecule has 6 nitrogen and oxygen atoms in total. The molecule has 4 rings (SSSR count). The number of hydrogen-bond acceptors (Lipinski definition) is 5. The van der Waals surface area contributed by atoms with E-state index in [1.54, 1.807) is 7.11 Å². The summed E-state index contributed by atoms with van der Waals surface area (Å²) >= 11 is 3.49. The van der Waals surface area contributed by atoms with Gasteiger partial charge >= 0.3 is 0 Å². The highest BCUT2D eigenvalue weighted by atomic mass is 79.9. The molecular formula is C18H18BrN5O. The first-order chi connectivity index (χ1) is 12.1. The molecule has 0 unspecified atom stereocenters. The summed E-state index contributed by atoms with van der Waals surface area (Å²) in [6, 6.07) is 16.6. The zero-order valence-electron chi connectivity index (χ0n) is 13.7. The van der Waals surface area contributed by atoms with E-state index in [-0.39, 0.29) is 18.0 Å². The molecule has 0 radical (unpaired) electrons. The zero-order chi connectivity index (χ0) is 17.4. The molecule has 25 heavy (non-hydrogen) atoms. The van der Waals surface area contributed by atoms with E-state index in [1.165, 1.54) is 5.56 Å². The fraction of sp³-hybridized carbons (Fsp3) is 0.222. The molecule has 2 aromatic carbocycles. The maximum absolute atomic E-state index is 5.84. The molecule has 0 amide bonds. The number of nitrogens with two attached hydrogens (primary N) is 1. The van der Waals surface area contributed by atoms with E-state index < -0.39 is 0 Å². The van der Waals surface area contributed by atoms with E-state index in [0.717, 1.165) is 22.2 Å². The molecule has 1 aromatic heterocycles. The fourth-order valence-corrected chi connectivity index (χ4v) is 3.48. The van der Waals surface area contributed by atoms with Crippen molar-refractivity contribution in [3.63, 3.8) is 0 Å². The molecule has 2 atom stereocenters. The van der Waals surface area contributed by atoms with Gasteiger partial charge in [-0.15, -0.1) is 5.10 Å². The number of ether oxygens (including phenoxy) is 1. The number of methoxy groups -OCH3 is 1. The molecule has 0 aliphatic carbocycles. The monoisotopic (exact) mass is 399 g/mol. The molecule has 1 aliphatic heterocycles. The molecule has 1 aliphatic rings. The second kappa shape index (κ2) is 6.40. The Morgan fingerprint density at radius 2 is 1.80 bits per heavy atom. The van der Waals surface area contributed by atoms with E-state index in [1.807, 2.05) is 28.9 Å². The van der Waals surface area contributed by atoms with Crippen molar-refractivity contribution in [2.75, 3.05) is 18.2 Å². The van der Waals surface area contributed by atoms with Crippen molar-refractivity contribution < 1.29 is 4.74 Å². The second-order valence-corrected chi connectivity index (χ2v) is 6.93. The minimum Gasteiger partial charge on any atom is -0.497 e. The van der Waals surface area contributed by atoms with Gasteiger partial charge in [-0.05, 0) is 41.8 Å². The Hall–Kier alpha value is -2.54. The summed E-state index contributed by atoms with van der Waals surface area (Å²) < 4.78 is 8.19. The summed E-state index contributed by atoms with van der Waals surface area (Å²) in [5, 5.41) is 7.82.